The molecule has 0 aliphatic heterocycles. The van der Waals surface area contributed by atoms with E-state index in [0.717, 1.165) is 51.7 Å². The van der Waals surface area contributed by atoms with Crippen LogP contribution in [-0.4, -0.2) is 30.4 Å². The van der Waals surface area contributed by atoms with E-state index in [4.69, 9.17) is 4.74 Å². The number of hydrogen-bond donors (Lipinski definition) is 1. The van der Waals surface area contributed by atoms with Gasteiger partial charge in [-0.25, -0.2) is 0 Å². The van der Waals surface area contributed by atoms with Gasteiger partial charge >= 0.3 is 0 Å². The highest BCUT2D eigenvalue weighted by atomic mass is 79.9. The van der Waals surface area contributed by atoms with Crippen molar-refractivity contribution in [3.63, 3.8) is 0 Å². The zero-order chi connectivity index (χ0) is 14.4. The maximum Gasteiger partial charge on any atom is 0.147 e. The molecule has 0 saturated heterocycles. The molecule has 0 fully saturated rings. The second-order valence-electron chi connectivity index (χ2n) is 4.35. The second kappa shape index (κ2) is 7.71. The fourth-order valence-electron chi connectivity index (χ4n) is 1.77. The predicted molar refractivity (Wildman–Crippen MR) is 86.5 cm³/mol. The molecule has 2 aromatic rings. The third kappa shape index (κ3) is 4.01. The van der Waals surface area contributed by atoms with Crippen LogP contribution in [-0.2, 0) is 6.42 Å². The van der Waals surface area contributed by atoms with Gasteiger partial charge in [0.2, 0.25) is 0 Å². The molecule has 0 unspecified atom stereocenters. The van der Waals surface area contributed by atoms with E-state index in [2.05, 4.69) is 38.4 Å². The first kappa shape index (κ1) is 15.4. The van der Waals surface area contributed by atoms with Crippen molar-refractivity contribution in [1.82, 2.24) is 15.5 Å². The summed E-state index contributed by atoms with van der Waals surface area (Å²) in [6.45, 7) is 4.17. The number of aromatic nitrogens is 2. The van der Waals surface area contributed by atoms with Gasteiger partial charge in [0.15, 0.2) is 0 Å². The van der Waals surface area contributed by atoms with Crippen LogP contribution in [0.4, 0.5) is 0 Å². The number of benzene rings is 1. The molecule has 4 nitrogen and oxygen atoms in total. The Hall–Kier alpha value is -0.980. The van der Waals surface area contributed by atoms with E-state index < -0.39 is 0 Å². The molecule has 0 aliphatic carbocycles. The average Bonchev–Trinajstić information content (AvgIpc) is 2.92. The third-order valence-electron chi connectivity index (χ3n) is 2.81. The van der Waals surface area contributed by atoms with Crippen molar-refractivity contribution < 1.29 is 4.74 Å². The van der Waals surface area contributed by atoms with Crippen LogP contribution in [0.5, 0.6) is 5.75 Å². The lowest BCUT2D eigenvalue weighted by atomic mass is 10.2. The Labute approximate surface area is 131 Å². The normalized spacial score (nSPS) is 10.8. The zero-order valence-electron chi connectivity index (χ0n) is 11.6. The summed E-state index contributed by atoms with van der Waals surface area (Å²) in [4.78, 5) is 0. The van der Waals surface area contributed by atoms with E-state index in [1.807, 2.05) is 18.2 Å². The molecule has 0 aliphatic rings. The second-order valence-corrected chi connectivity index (χ2v) is 6.27. The Morgan fingerprint density at radius 1 is 1.30 bits per heavy atom. The summed E-state index contributed by atoms with van der Waals surface area (Å²) >= 11 is 5.13. The van der Waals surface area contributed by atoms with Gasteiger partial charge in [0.25, 0.3) is 0 Å². The number of nitrogens with one attached hydrogen (secondary N) is 1. The molecule has 1 N–H and O–H groups in total. The van der Waals surface area contributed by atoms with Crippen LogP contribution in [0.3, 0.4) is 0 Å². The van der Waals surface area contributed by atoms with E-state index in [1.54, 1.807) is 18.4 Å². The molecule has 0 bridgehead atoms. The predicted octanol–water partition coefficient (Wildman–Crippen LogP) is 3.52. The fourth-order valence-corrected chi connectivity index (χ4v) is 3.14. The van der Waals surface area contributed by atoms with Crippen LogP contribution in [0.25, 0.3) is 10.6 Å². The molecule has 20 heavy (non-hydrogen) atoms. The lowest BCUT2D eigenvalue weighted by Gasteiger charge is -2.03. The first-order chi connectivity index (χ1) is 9.74. The standard InChI is InChI=1S/C14H18BrN3OS/c1-3-7-16-8-6-13-17-18-14(20-13)10-4-5-12(19-2)11(15)9-10/h4-5,9,16H,3,6-8H2,1-2H3. The number of hydrogen-bond acceptors (Lipinski definition) is 5. The van der Waals surface area contributed by atoms with Crippen LogP contribution >= 0.6 is 27.3 Å². The van der Waals surface area contributed by atoms with Crippen LogP contribution in [0.15, 0.2) is 22.7 Å². The summed E-state index contributed by atoms with van der Waals surface area (Å²) < 4.78 is 6.16. The minimum absolute atomic E-state index is 0.822. The molecule has 2 rings (SSSR count). The van der Waals surface area contributed by atoms with E-state index in [1.165, 1.54) is 0 Å². The Morgan fingerprint density at radius 3 is 2.85 bits per heavy atom. The highest BCUT2D eigenvalue weighted by molar-refractivity contribution is 9.10. The van der Waals surface area contributed by atoms with E-state index >= 15 is 0 Å². The average molecular weight is 356 g/mol. The maximum atomic E-state index is 5.23. The number of halogens is 1. The fraction of sp³-hybridized carbons (Fsp3) is 0.429. The van der Waals surface area contributed by atoms with Crippen LogP contribution in [0, 0.1) is 0 Å². The van der Waals surface area contributed by atoms with Crippen molar-refractivity contribution in [2.75, 3.05) is 20.2 Å². The summed E-state index contributed by atoms with van der Waals surface area (Å²) in [5.74, 6) is 0.822. The van der Waals surface area contributed by atoms with Crippen molar-refractivity contribution in [2.24, 2.45) is 0 Å². The van der Waals surface area contributed by atoms with Crippen molar-refractivity contribution >= 4 is 27.3 Å². The molecule has 1 heterocycles. The maximum absolute atomic E-state index is 5.23. The molecule has 0 radical (unpaired) electrons. The number of rotatable bonds is 7. The van der Waals surface area contributed by atoms with Gasteiger partial charge < -0.3 is 10.1 Å². The monoisotopic (exact) mass is 355 g/mol. The van der Waals surface area contributed by atoms with E-state index in [0.29, 0.717) is 0 Å². The van der Waals surface area contributed by atoms with Gasteiger partial charge in [-0.3, -0.25) is 0 Å². The molecule has 0 amide bonds. The molecule has 6 heteroatoms. The first-order valence-corrected chi connectivity index (χ1v) is 8.22. The van der Waals surface area contributed by atoms with Gasteiger partial charge in [-0.05, 0) is 47.1 Å². The highest BCUT2D eigenvalue weighted by Gasteiger charge is 2.09. The van der Waals surface area contributed by atoms with Gasteiger partial charge in [-0.2, -0.15) is 0 Å². The molecule has 0 spiro atoms. The van der Waals surface area contributed by atoms with Gasteiger partial charge in [0.1, 0.15) is 15.8 Å². The van der Waals surface area contributed by atoms with Crippen molar-refractivity contribution in [2.45, 2.75) is 19.8 Å². The van der Waals surface area contributed by atoms with Gasteiger partial charge in [-0.15, -0.1) is 10.2 Å². The molecule has 1 aromatic carbocycles. The summed E-state index contributed by atoms with van der Waals surface area (Å²) in [7, 11) is 1.66. The summed E-state index contributed by atoms with van der Waals surface area (Å²) in [6, 6.07) is 5.95. The minimum atomic E-state index is 0.822. The van der Waals surface area contributed by atoms with E-state index in [9.17, 15) is 0 Å². The smallest absolute Gasteiger partial charge is 0.147 e. The van der Waals surface area contributed by atoms with Crippen molar-refractivity contribution in [1.29, 1.82) is 0 Å². The van der Waals surface area contributed by atoms with E-state index in [-0.39, 0.29) is 0 Å². The number of nitrogens with zero attached hydrogens (tertiary/aromatic N) is 2. The molecular weight excluding hydrogens is 338 g/mol. The lowest BCUT2D eigenvalue weighted by Crippen LogP contribution is -2.17. The lowest BCUT2D eigenvalue weighted by molar-refractivity contribution is 0.412. The highest BCUT2D eigenvalue weighted by Crippen LogP contribution is 2.31. The molecule has 0 atom stereocenters. The molecule has 108 valence electrons. The van der Waals surface area contributed by atoms with Crippen LogP contribution in [0.2, 0.25) is 0 Å². The number of methoxy groups -OCH3 is 1. The summed E-state index contributed by atoms with van der Waals surface area (Å²) in [5, 5.41) is 13.9. The summed E-state index contributed by atoms with van der Waals surface area (Å²) in [6.07, 6.45) is 2.08. The zero-order valence-corrected chi connectivity index (χ0v) is 14.1. The largest absolute Gasteiger partial charge is 0.496 e. The topological polar surface area (TPSA) is 47.0 Å². The van der Waals surface area contributed by atoms with Crippen LogP contribution in [0.1, 0.15) is 18.4 Å². The SMILES string of the molecule is CCCNCCc1nnc(-c2ccc(OC)c(Br)c2)s1. The Bertz CT molecular complexity index is 559. The summed E-state index contributed by atoms with van der Waals surface area (Å²) in [5.41, 5.74) is 1.06. The quantitative estimate of drug-likeness (QED) is 0.771. The third-order valence-corrected chi connectivity index (χ3v) is 4.46. The number of ether oxygens (including phenoxy) is 1. The van der Waals surface area contributed by atoms with Crippen molar-refractivity contribution in [3.05, 3.63) is 27.7 Å². The van der Waals surface area contributed by atoms with Gasteiger partial charge in [-0.1, -0.05) is 18.3 Å². The van der Waals surface area contributed by atoms with Gasteiger partial charge in [0.05, 0.1) is 11.6 Å². The first-order valence-electron chi connectivity index (χ1n) is 6.61. The molecular formula is C14H18BrN3OS. The molecule has 1 aromatic heterocycles. The minimum Gasteiger partial charge on any atom is -0.496 e. The Kier molecular flexibility index (Phi) is 5.94. The van der Waals surface area contributed by atoms with Gasteiger partial charge in [0, 0.05) is 18.5 Å². The molecule has 0 saturated carbocycles. The Morgan fingerprint density at radius 2 is 2.15 bits per heavy atom. The Balaban J connectivity index is 2.03. The van der Waals surface area contributed by atoms with Crippen molar-refractivity contribution in [3.8, 4) is 16.3 Å². The van der Waals surface area contributed by atoms with Crippen LogP contribution < -0.4 is 10.1 Å².